The van der Waals surface area contributed by atoms with Crippen LogP contribution in [0.15, 0.2) is 0 Å². The van der Waals surface area contributed by atoms with Crippen LogP contribution in [-0.4, -0.2) is 59.1 Å². The molecule has 1 aliphatic heterocycles. The molecule has 4 N–H and O–H groups in total. The number of carbonyl (C=O) groups is 4. The molecule has 0 bridgehead atoms. The standard InChI is InChI=1S/C26H42N4O4/c1-5-9-17(20(31)23(33)28-15-10-11-15)29-22(32)19-18-16(25(18,2)3)14-30(19)24(34)21(27)26(4)12-7-6-8-13-26/h15-19,21H,5-14,27H2,1-4H3,(H,28,33)(H,29,32)/t16?,17?,18?,19-,21+/m0/s1. The quantitative estimate of drug-likeness (QED) is 0.441. The van der Waals surface area contributed by atoms with Crippen LogP contribution in [0, 0.1) is 22.7 Å². The van der Waals surface area contributed by atoms with E-state index in [2.05, 4.69) is 31.4 Å². The van der Waals surface area contributed by atoms with Gasteiger partial charge in [0.05, 0.1) is 12.1 Å². The van der Waals surface area contributed by atoms with Crippen LogP contribution in [0.4, 0.5) is 0 Å². The van der Waals surface area contributed by atoms with Crippen LogP contribution in [0.5, 0.6) is 0 Å². The highest BCUT2D eigenvalue weighted by Gasteiger charge is 2.69. The Bertz CT molecular complexity index is 846. The van der Waals surface area contributed by atoms with Crippen molar-refractivity contribution in [2.45, 2.75) is 110 Å². The number of hydrogen-bond donors (Lipinski definition) is 3. The summed E-state index contributed by atoms with van der Waals surface area (Å²) in [5.74, 6) is -1.43. The molecule has 0 radical (unpaired) electrons. The third-order valence-corrected chi connectivity index (χ3v) is 9.12. The van der Waals surface area contributed by atoms with Gasteiger partial charge in [-0.1, -0.05) is 53.4 Å². The third kappa shape index (κ3) is 4.62. The lowest BCUT2D eigenvalue weighted by atomic mass is 9.70. The van der Waals surface area contributed by atoms with Crippen molar-refractivity contribution < 1.29 is 19.2 Å². The van der Waals surface area contributed by atoms with E-state index in [1.807, 2.05) is 6.92 Å². The zero-order chi connectivity index (χ0) is 24.8. The summed E-state index contributed by atoms with van der Waals surface area (Å²) >= 11 is 0. The molecule has 8 nitrogen and oxygen atoms in total. The van der Waals surface area contributed by atoms with Crippen molar-refractivity contribution in [2.75, 3.05) is 6.54 Å². The monoisotopic (exact) mass is 474 g/mol. The average molecular weight is 475 g/mol. The predicted octanol–water partition coefficient (Wildman–Crippen LogP) is 1.90. The minimum Gasteiger partial charge on any atom is -0.347 e. The molecule has 3 saturated carbocycles. The predicted molar refractivity (Wildman–Crippen MR) is 128 cm³/mol. The van der Waals surface area contributed by atoms with E-state index in [0.717, 1.165) is 38.5 Å². The maximum absolute atomic E-state index is 13.6. The molecule has 3 aliphatic carbocycles. The summed E-state index contributed by atoms with van der Waals surface area (Å²) < 4.78 is 0. The second-order valence-corrected chi connectivity index (χ2v) is 12.0. The highest BCUT2D eigenvalue weighted by Crippen LogP contribution is 2.65. The fourth-order valence-corrected chi connectivity index (χ4v) is 6.42. The fourth-order valence-electron chi connectivity index (χ4n) is 6.42. The second-order valence-electron chi connectivity index (χ2n) is 12.0. The average Bonchev–Trinajstić information content (AvgIpc) is 3.65. The molecule has 8 heteroatoms. The summed E-state index contributed by atoms with van der Waals surface area (Å²) in [5.41, 5.74) is 6.27. The van der Waals surface area contributed by atoms with E-state index < -0.39 is 29.8 Å². The van der Waals surface area contributed by atoms with Crippen LogP contribution >= 0.6 is 0 Å². The molecule has 3 amide bonds. The normalized spacial score (nSPS) is 30.6. The Morgan fingerprint density at radius 1 is 1.06 bits per heavy atom. The van der Waals surface area contributed by atoms with Crippen molar-refractivity contribution in [1.82, 2.24) is 15.5 Å². The zero-order valence-corrected chi connectivity index (χ0v) is 21.2. The highest BCUT2D eigenvalue weighted by atomic mass is 16.2. The van der Waals surface area contributed by atoms with E-state index in [0.29, 0.717) is 19.4 Å². The van der Waals surface area contributed by atoms with Crippen LogP contribution in [0.25, 0.3) is 0 Å². The molecule has 0 aromatic rings. The first-order valence-electron chi connectivity index (χ1n) is 13.2. The van der Waals surface area contributed by atoms with Crippen molar-refractivity contribution in [3.63, 3.8) is 0 Å². The van der Waals surface area contributed by atoms with Crippen LogP contribution in [0.3, 0.4) is 0 Å². The largest absolute Gasteiger partial charge is 0.347 e. The van der Waals surface area contributed by atoms with E-state index in [4.69, 9.17) is 5.73 Å². The number of nitrogens with zero attached hydrogens (tertiary/aromatic N) is 1. The summed E-state index contributed by atoms with van der Waals surface area (Å²) in [6.07, 6.45) is 7.98. The molecular formula is C26H42N4O4. The number of carbonyl (C=O) groups excluding carboxylic acids is 4. The SMILES string of the molecule is CCCC(NC(=O)[C@@H]1C2C(CN1C(=O)[C@@H](N)C1(C)CCCCC1)C2(C)C)C(=O)C(=O)NC1CC1. The van der Waals surface area contributed by atoms with Crippen molar-refractivity contribution in [2.24, 2.45) is 28.4 Å². The lowest BCUT2D eigenvalue weighted by Crippen LogP contribution is -2.59. The lowest BCUT2D eigenvalue weighted by molar-refractivity contribution is -0.145. The van der Waals surface area contributed by atoms with Crippen molar-refractivity contribution in [1.29, 1.82) is 0 Å². The van der Waals surface area contributed by atoms with Crippen LogP contribution < -0.4 is 16.4 Å². The van der Waals surface area contributed by atoms with Gasteiger partial charge in [-0.25, -0.2) is 0 Å². The number of fused-ring (bicyclic) bond motifs is 1. The minimum absolute atomic E-state index is 0.0365. The van der Waals surface area contributed by atoms with Crippen LogP contribution in [0.2, 0.25) is 0 Å². The third-order valence-electron chi connectivity index (χ3n) is 9.12. The number of rotatable bonds is 9. The van der Waals surface area contributed by atoms with Gasteiger partial charge in [0.1, 0.15) is 6.04 Å². The Balaban J connectivity index is 1.49. The maximum Gasteiger partial charge on any atom is 0.289 e. The molecule has 0 spiro atoms. The number of amides is 3. The molecule has 5 atom stereocenters. The maximum atomic E-state index is 13.6. The first-order chi connectivity index (χ1) is 16.0. The first-order valence-corrected chi connectivity index (χ1v) is 13.2. The van der Waals surface area contributed by atoms with Gasteiger partial charge < -0.3 is 21.3 Å². The number of Topliss-reactive ketones (excluding diaryl/α,β-unsaturated/α-hetero) is 1. The number of hydrogen-bond acceptors (Lipinski definition) is 5. The Hall–Kier alpha value is -1.96. The highest BCUT2D eigenvalue weighted by molar-refractivity contribution is 6.38. The summed E-state index contributed by atoms with van der Waals surface area (Å²) in [6.45, 7) is 8.79. The molecule has 34 heavy (non-hydrogen) atoms. The van der Waals surface area contributed by atoms with E-state index in [9.17, 15) is 19.2 Å². The van der Waals surface area contributed by atoms with Gasteiger partial charge in [0, 0.05) is 12.6 Å². The topological polar surface area (TPSA) is 122 Å². The Morgan fingerprint density at radius 3 is 2.29 bits per heavy atom. The number of nitrogens with two attached hydrogens (primary N) is 1. The molecule has 190 valence electrons. The van der Waals surface area contributed by atoms with Gasteiger partial charge in [-0.3, -0.25) is 19.2 Å². The molecule has 4 fully saturated rings. The smallest absolute Gasteiger partial charge is 0.289 e. The van der Waals surface area contributed by atoms with Crippen LogP contribution in [0.1, 0.15) is 85.5 Å². The number of nitrogens with one attached hydrogen (secondary N) is 2. The van der Waals surface area contributed by atoms with Gasteiger partial charge in [0.25, 0.3) is 5.91 Å². The lowest BCUT2D eigenvalue weighted by Gasteiger charge is -2.41. The molecule has 1 heterocycles. The summed E-state index contributed by atoms with van der Waals surface area (Å²) in [7, 11) is 0. The van der Waals surface area contributed by atoms with Gasteiger partial charge in [-0.15, -0.1) is 0 Å². The number of likely N-dealkylation sites (tertiary alicyclic amines) is 1. The Kier molecular flexibility index (Phi) is 6.84. The summed E-state index contributed by atoms with van der Waals surface area (Å²) in [6, 6.07) is -2.09. The molecular weight excluding hydrogens is 432 g/mol. The molecule has 4 rings (SSSR count). The number of piperidine rings is 1. The molecule has 3 unspecified atom stereocenters. The van der Waals surface area contributed by atoms with Gasteiger partial charge in [0.2, 0.25) is 17.6 Å². The molecule has 1 saturated heterocycles. The Labute approximate surface area is 203 Å². The van der Waals surface area contributed by atoms with E-state index in [1.54, 1.807) is 4.90 Å². The summed E-state index contributed by atoms with van der Waals surface area (Å²) in [5, 5.41) is 5.58. The first kappa shape index (κ1) is 25.1. The minimum atomic E-state index is -0.876. The fraction of sp³-hybridized carbons (Fsp3) is 0.846. The Morgan fingerprint density at radius 2 is 1.71 bits per heavy atom. The van der Waals surface area contributed by atoms with Gasteiger partial charge in [0.15, 0.2) is 0 Å². The molecule has 0 aromatic carbocycles. The van der Waals surface area contributed by atoms with Crippen LogP contribution in [-0.2, 0) is 19.2 Å². The number of ketones is 1. The van der Waals surface area contributed by atoms with E-state index >= 15 is 0 Å². The second kappa shape index (κ2) is 9.25. The molecule has 0 aromatic heterocycles. The summed E-state index contributed by atoms with van der Waals surface area (Å²) in [4.78, 5) is 54.1. The molecule has 4 aliphatic rings. The van der Waals surface area contributed by atoms with Gasteiger partial charge >= 0.3 is 0 Å². The zero-order valence-electron chi connectivity index (χ0n) is 21.2. The van der Waals surface area contributed by atoms with Crippen molar-refractivity contribution >= 4 is 23.5 Å². The van der Waals surface area contributed by atoms with Gasteiger partial charge in [-0.2, -0.15) is 0 Å². The van der Waals surface area contributed by atoms with Crippen molar-refractivity contribution in [3.8, 4) is 0 Å². The van der Waals surface area contributed by atoms with Crippen molar-refractivity contribution in [3.05, 3.63) is 0 Å². The van der Waals surface area contributed by atoms with Gasteiger partial charge in [-0.05, 0) is 54.8 Å². The van der Waals surface area contributed by atoms with E-state index in [1.165, 1.54) is 6.42 Å². The van der Waals surface area contributed by atoms with E-state index in [-0.39, 0.29) is 40.5 Å².